The minimum absolute atomic E-state index is 0.173. The lowest BCUT2D eigenvalue weighted by atomic mass is 10.2. The molecule has 0 bridgehead atoms. The van der Waals surface area contributed by atoms with Crippen LogP contribution >= 0.6 is 0 Å². The summed E-state index contributed by atoms with van der Waals surface area (Å²) in [7, 11) is 1.26. The van der Waals surface area contributed by atoms with Crippen molar-refractivity contribution in [3.8, 4) is 11.5 Å². The van der Waals surface area contributed by atoms with Gasteiger partial charge in [-0.1, -0.05) is 0 Å². The minimum Gasteiger partial charge on any atom is -0.508 e. The topological polar surface area (TPSA) is 122 Å². The Bertz CT molecular complexity index is 799. The number of nitrogens with one attached hydrogen (secondary N) is 1. The molecule has 0 aliphatic rings. The molecule has 2 aromatic carbocycles. The standard InChI is InChI=1S/C17H15NO7/c1-24-16(22)10-2-4-11(5-3-10)18-15(21)9-25-17(23)13-7-6-12(19)8-14(13)20/h2-8,19-20H,9H2,1H3,(H,18,21). The van der Waals surface area contributed by atoms with E-state index in [4.69, 9.17) is 9.84 Å². The molecule has 1 amide bonds. The van der Waals surface area contributed by atoms with Crippen LogP contribution in [0.4, 0.5) is 5.69 Å². The van der Waals surface area contributed by atoms with Gasteiger partial charge in [0, 0.05) is 11.8 Å². The zero-order valence-electron chi connectivity index (χ0n) is 13.2. The van der Waals surface area contributed by atoms with Crippen molar-refractivity contribution in [1.29, 1.82) is 0 Å². The van der Waals surface area contributed by atoms with Crippen LogP contribution in [0.3, 0.4) is 0 Å². The number of benzene rings is 2. The summed E-state index contributed by atoms with van der Waals surface area (Å²) in [5, 5.41) is 21.2. The summed E-state index contributed by atoms with van der Waals surface area (Å²) in [6.07, 6.45) is 0. The third-order valence-electron chi connectivity index (χ3n) is 3.13. The smallest absolute Gasteiger partial charge is 0.342 e. The highest BCUT2D eigenvalue weighted by molar-refractivity contribution is 5.97. The summed E-state index contributed by atoms with van der Waals surface area (Å²) in [6.45, 7) is -0.572. The van der Waals surface area contributed by atoms with Gasteiger partial charge < -0.3 is 25.0 Å². The minimum atomic E-state index is -0.909. The number of hydrogen-bond donors (Lipinski definition) is 3. The van der Waals surface area contributed by atoms with Crippen molar-refractivity contribution in [3.05, 3.63) is 53.6 Å². The van der Waals surface area contributed by atoms with Crippen molar-refractivity contribution < 1.29 is 34.1 Å². The molecule has 0 aliphatic heterocycles. The molecular formula is C17H15NO7. The van der Waals surface area contributed by atoms with Gasteiger partial charge in [-0.2, -0.15) is 0 Å². The molecule has 0 unspecified atom stereocenters. The number of anilines is 1. The van der Waals surface area contributed by atoms with Gasteiger partial charge in [-0.25, -0.2) is 9.59 Å². The van der Waals surface area contributed by atoms with E-state index in [1.54, 1.807) is 0 Å². The summed E-state index contributed by atoms with van der Waals surface area (Å²) in [6, 6.07) is 9.31. The number of carbonyl (C=O) groups is 3. The third kappa shape index (κ3) is 4.71. The molecule has 0 atom stereocenters. The SMILES string of the molecule is COC(=O)c1ccc(NC(=O)COC(=O)c2ccc(O)cc2O)cc1. The number of rotatable bonds is 5. The van der Waals surface area contributed by atoms with Gasteiger partial charge in [-0.05, 0) is 36.4 Å². The first-order chi connectivity index (χ1) is 11.9. The molecular weight excluding hydrogens is 330 g/mol. The van der Waals surface area contributed by atoms with Crippen molar-refractivity contribution in [2.24, 2.45) is 0 Å². The number of ether oxygens (including phenoxy) is 2. The first-order valence-electron chi connectivity index (χ1n) is 7.08. The fraction of sp³-hybridized carbons (Fsp3) is 0.118. The number of methoxy groups -OCH3 is 1. The van der Waals surface area contributed by atoms with Gasteiger partial charge in [0.25, 0.3) is 5.91 Å². The van der Waals surface area contributed by atoms with Crippen molar-refractivity contribution >= 4 is 23.5 Å². The van der Waals surface area contributed by atoms with Gasteiger partial charge in [0.1, 0.15) is 17.1 Å². The number of aromatic hydroxyl groups is 2. The van der Waals surface area contributed by atoms with Crippen LogP contribution in [0, 0.1) is 0 Å². The average Bonchev–Trinajstić information content (AvgIpc) is 2.59. The molecule has 0 saturated carbocycles. The van der Waals surface area contributed by atoms with Crippen LogP contribution in [0.2, 0.25) is 0 Å². The fourth-order valence-corrected chi connectivity index (χ4v) is 1.91. The summed E-state index contributed by atoms with van der Waals surface area (Å²) in [4.78, 5) is 34.9. The second-order valence-electron chi connectivity index (χ2n) is 4.89. The number of amides is 1. The van der Waals surface area contributed by atoms with E-state index >= 15 is 0 Å². The Labute approximate surface area is 142 Å². The van der Waals surface area contributed by atoms with Crippen LogP contribution in [0.25, 0.3) is 0 Å². The Morgan fingerprint density at radius 2 is 1.68 bits per heavy atom. The van der Waals surface area contributed by atoms with Crippen LogP contribution in [-0.2, 0) is 14.3 Å². The van der Waals surface area contributed by atoms with Crippen LogP contribution in [-0.4, -0.2) is 41.8 Å². The molecule has 2 rings (SSSR count). The Morgan fingerprint density at radius 1 is 1.00 bits per heavy atom. The van der Waals surface area contributed by atoms with Crippen LogP contribution < -0.4 is 5.32 Å². The van der Waals surface area contributed by atoms with E-state index in [0.717, 1.165) is 6.07 Å². The second kappa shape index (κ2) is 7.82. The van der Waals surface area contributed by atoms with Crippen LogP contribution in [0.5, 0.6) is 11.5 Å². The van der Waals surface area contributed by atoms with E-state index in [1.165, 1.54) is 43.5 Å². The maximum absolute atomic E-state index is 11.8. The second-order valence-corrected chi connectivity index (χ2v) is 4.89. The van der Waals surface area contributed by atoms with Crippen molar-refractivity contribution in [2.75, 3.05) is 19.0 Å². The first-order valence-corrected chi connectivity index (χ1v) is 7.08. The number of carbonyl (C=O) groups excluding carboxylic acids is 3. The predicted molar refractivity (Wildman–Crippen MR) is 86.5 cm³/mol. The molecule has 0 aromatic heterocycles. The molecule has 25 heavy (non-hydrogen) atoms. The fourth-order valence-electron chi connectivity index (χ4n) is 1.91. The Balaban J connectivity index is 1.90. The van der Waals surface area contributed by atoms with E-state index in [0.29, 0.717) is 11.3 Å². The lowest BCUT2D eigenvalue weighted by molar-refractivity contribution is -0.119. The molecule has 0 fully saturated rings. The first kappa shape index (κ1) is 17.8. The van der Waals surface area contributed by atoms with Gasteiger partial charge in [0.05, 0.1) is 12.7 Å². The number of esters is 2. The molecule has 8 nitrogen and oxygen atoms in total. The van der Waals surface area contributed by atoms with E-state index in [-0.39, 0.29) is 11.3 Å². The molecule has 2 aromatic rings. The van der Waals surface area contributed by atoms with Crippen LogP contribution in [0.1, 0.15) is 20.7 Å². The lowest BCUT2D eigenvalue weighted by Crippen LogP contribution is -2.21. The van der Waals surface area contributed by atoms with Crippen molar-refractivity contribution in [1.82, 2.24) is 0 Å². The molecule has 130 valence electrons. The summed E-state index contributed by atoms with van der Waals surface area (Å²) in [5.74, 6) is -2.67. The summed E-state index contributed by atoms with van der Waals surface area (Å²) in [5.41, 5.74) is 0.559. The molecule has 0 saturated heterocycles. The molecule has 0 radical (unpaired) electrons. The van der Waals surface area contributed by atoms with E-state index in [2.05, 4.69) is 10.1 Å². The largest absolute Gasteiger partial charge is 0.508 e. The third-order valence-corrected chi connectivity index (χ3v) is 3.13. The maximum Gasteiger partial charge on any atom is 0.342 e. The highest BCUT2D eigenvalue weighted by atomic mass is 16.5. The maximum atomic E-state index is 11.8. The quantitative estimate of drug-likeness (QED) is 0.705. The van der Waals surface area contributed by atoms with Crippen LogP contribution in [0.15, 0.2) is 42.5 Å². The Hall–Kier alpha value is -3.55. The van der Waals surface area contributed by atoms with E-state index in [9.17, 15) is 19.5 Å². The molecule has 0 spiro atoms. The zero-order chi connectivity index (χ0) is 18.4. The molecule has 0 aliphatic carbocycles. The van der Waals surface area contributed by atoms with E-state index in [1.807, 2.05) is 0 Å². The van der Waals surface area contributed by atoms with Gasteiger partial charge in [-0.3, -0.25) is 4.79 Å². The Kier molecular flexibility index (Phi) is 5.57. The van der Waals surface area contributed by atoms with Gasteiger partial charge in [0.2, 0.25) is 0 Å². The number of phenolic OH excluding ortho intramolecular Hbond substituents is 2. The van der Waals surface area contributed by atoms with E-state index < -0.39 is 30.2 Å². The number of phenols is 2. The predicted octanol–water partition coefficient (Wildman–Crippen LogP) is 1.68. The summed E-state index contributed by atoms with van der Waals surface area (Å²) >= 11 is 0. The van der Waals surface area contributed by atoms with Crippen molar-refractivity contribution in [3.63, 3.8) is 0 Å². The highest BCUT2D eigenvalue weighted by Crippen LogP contribution is 2.23. The molecule has 3 N–H and O–H groups in total. The highest BCUT2D eigenvalue weighted by Gasteiger charge is 2.15. The van der Waals surface area contributed by atoms with Crippen molar-refractivity contribution in [2.45, 2.75) is 0 Å². The average molecular weight is 345 g/mol. The zero-order valence-corrected chi connectivity index (χ0v) is 13.2. The molecule has 0 heterocycles. The Morgan fingerprint density at radius 3 is 2.28 bits per heavy atom. The van der Waals surface area contributed by atoms with Gasteiger partial charge in [-0.15, -0.1) is 0 Å². The molecule has 8 heteroatoms. The summed E-state index contributed by atoms with van der Waals surface area (Å²) < 4.78 is 9.36. The monoisotopic (exact) mass is 345 g/mol. The normalized spacial score (nSPS) is 9.96. The lowest BCUT2D eigenvalue weighted by Gasteiger charge is -2.08. The van der Waals surface area contributed by atoms with Gasteiger partial charge in [0.15, 0.2) is 6.61 Å². The van der Waals surface area contributed by atoms with Gasteiger partial charge >= 0.3 is 11.9 Å². The number of hydrogen-bond acceptors (Lipinski definition) is 7.